The first-order chi connectivity index (χ1) is 11.3. The fourth-order valence-corrected chi connectivity index (χ4v) is 1.90. The second-order valence-corrected chi connectivity index (χ2v) is 4.49. The maximum absolute atomic E-state index is 12.3. The van der Waals surface area contributed by atoms with E-state index >= 15 is 0 Å². The molecule has 11 heteroatoms. The van der Waals surface area contributed by atoms with E-state index in [9.17, 15) is 23.7 Å². The van der Waals surface area contributed by atoms with Gasteiger partial charge in [-0.1, -0.05) is 0 Å². The summed E-state index contributed by atoms with van der Waals surface area (Å²) in [6.45, 7) is -3.03. The van der Waals surface area contributed by atoms with Crippen molar-refractivity contribution in [3.63, 3.8) is 0 Å². The molecule has 9 nitrogen and oxygen atoms in total. The van der Waals surface area contributed by atoms with Crippen LogP contribution in [-0.2, 0) is 7.05 Å². The summed E-state index contributed by atoms with van der Waals surface area (Å²) >= 11 is 0. The van der Waals surface area contributed by atoms with E-state index in [1.807, 2.05) is 0 Å². The van der Waals surface area contributed by atoms with Crippen LogP contribution in [0.3, 0.4) is 0 Å². The van der Waals surface area contributed by atoms with Crippen LogP contribution in [0.25, 0.3) is 0 Å². The van der Waals surface area contributed by atoms with Gasteiger partial charge in [0.2, 0.25) is 5.69 Å². The Labute approximate surface area is 133 Å². The lowest BCUT2D eigenvalue weighted by Gasteiger charge is -2.11. The lowest BCUT2D eigenvalue weighted by molar-refractivity contribution is -0.385. The number of ether oxygens (including phenoxy) is 2. The third-order valence-electron chi connectivity index (χ3n) is 2.86. The Morgan fingerprint density at radius 1 is 1.42 bits per heavy atom. The molecule has 0 saturated carbocycles. The molecule has 0 radical (unpaired) electrons. The molecule has 0 spiro atoms. The van der Waals surface area contributed by atoms with Gasteiger partial charge in [0.25, 0.3) is 5.91 Å². The molecule has 0 aliphatic heterocycles. The summed E-state index contributed by atoms with van der Waals surface area (Å²) in [5, 5.41) is 17.0. The summed E-state index contributed by atoms with van der Waals surface area (Å²) in [4.78, 5) is 22.3. The van der Waals surface area contributed by atoms with Crippen molar-refractivity contribution in [3.05, 3.63) is 40.2 Å². The van der Waals surface area contributed by atoms with Crippen molar-refractivity contribution in [1.29, 1.82) is 0 Å². The fraction of sp³-hybridized carbons (Fsp3) is 0.231. The first-order valence-electron chi connectivity index (χ1n) is 6.44. The van der Waals surface area contributed by atoms with Crippen molar-refractivity contribution in [3.8, 4) is 11.5 Å². The normalized spacial score (nSPS) is 10.5. The summed E-state index contributed by atoms with van der Waals surface area (Å²) in [5.41, 5.74) is -0.674. The molecule has 1 aromatic heterocycles. The first kappa shape index (κ1) is 17.1. The summed E-state index contributed by atoms with van der Waals surface area (Å²) in [6.07, 6.45) is 1.09. The van der Waals surface area contributed by atoms with E-state index in [4.69, 9.17) is 4.74 Å². The molecule has 0 unspecified atom stereocenters. The molecule has 24 heavy (non-hydrogen) atoms. The van der Waals surface area contributed by atoms with Gasteiger partial charge in [-0.15, -0.1) is 0 Å². The highest BCUT2D eigenvalue weighted by molar-refractivity contribution is 6.05. The van der Waals surface area contributed by atoms with Crippen LogP contribution in [0, 0.1) is 10.1 Å². The number of anilines is 1. The molecule has 0 bridgehead atoms. The highest BCUT2D eigenvalue weighted by Crippen LogP contribution is 2.31. The van der Waals surface area contributed by atoms with Gasteiger partial charge in [-0.2, -0.15) is 13.9 Å². The number of rotatable bonds is 6. The molecule has 0 aliphatic carbocycles. The zero-order valence-electron chi connectivity index (χ0n) is 12.5. The second kappa shape index (κ2) is 6.89. The molecule has 0 aliphatic rings. The molecule has 0 atom stereocenters. The van der Waals surface area contributed by atoms with Crippen molar-refractivity contribution in [2.24, 2.45) is 7.05 Å². The minimum absolute atomic E-state index is 0.0383. The highest BCUT2D eigenvalue weighted by Gasteiger charge is 2.25. The largest absolute Gasteiger partial charge is 0.493 e. The molecule has 1 aromatic carbocycles. The Morgan fingerprint density at radius 2 is 2.12 bits per heavy atom. The van der Waals surface area contributed by atoms with Crippen LogP contribution in [0.2, 0.25) is 0 Å². The average molecular weight is 342 g/mol. The Morgan fingerprint density at radius 3 is 2.71 bits per heavy atom. The number of hydrogen-bond acceptors (Lipinski definition) is 6. The number of aryl methyl sites for hydroxylation is 1. The maximum atomic E-state index is 12.3. The van der Waals surface area contributed by atoms with Crippen molar-refractivity contribution < 1.29 is 28.0 Å². The summed E-state index contributed by atoms with van der Waals surface area (Å²) in [6, 6.07) is 3.70. The standard InChI is InChI=1S/C13H12F2N4O5/c1-18-6-8(19(21)22)11(17-18)12(20)16-7-3-4-9(24-13(14)15)10(5-7)23-2/h3-6,13H,1-2H3,(H,16,20). The van der Waals surface area contributed by atoms with Crippen LogP contribution in [0.15, 0.2) is 24.4 Å². The van der Waals surface area contributed by atoms with Crippen molar-refractivity contribution in [1.82, 2.24) is 9.78 Å². The number of benzene rings is 1. The predicted octanol–water partition coefficient (Wildman–Crippen LogP) is 2.19. The number of carbonyl (C=O) groups is 1. The smallest absolute Gasteiger partial charge is 0.387 e. The first-order valence-corrected chi connectivity index (χ1v) is 6.44. The van der Waals surface area contributed by atoms with Crippen LogP contribution < -0.4 is 14.8 Å². The zero-order valence-corrected chi connectivity index (χ0v) is 12.5. The number of halogens is 2. The van der Waals surface area contributed by atoms with Crippen LogP contribution in [-0.4, -0.2) is 34.3 Å². The summed E-state index contributed by atoms with van der Waals surface area (Å²) in [5.74, 6) is -1.08. The fourth-order valence-electron chi connectivity index (χ4n) is 1.90. The Bertz CT molecular complexity index is 778. The molecule has 2 rings (SSSR count). The number of hydrogen-bond donors (Lipinski definition) is 1. The number of carbonyl (C=O) groups excluding carboxylic acids is 1. The van der Waals surface area contributed by atoms with E-state index in [2.05, 4.69) is 15.2 Å². The van der Waals surface area contributed by atoms with Gasteiger partial charge >= 0.3 is 12.3 Å². The van der Waals surface area contributed by atoms with Crippen molar-refractivity contribution in [2.75, 3.05) is 12.4 Å². The molecule has 0 saturated heterocycles. The summed E-state index contributed by atoms with van der Waals surface area (Å²) < 4.78 is 34.8. The number of nitro groups is 1. The van der Waals surface area contributed by atoms with Crippen LogP contribution in [0.4, 0.5) is 20.2 Å². The van der Waals surface area contributed by atoms with Crippen molar-refractivity contribution >= 4 is 17.3 Å². The minimum atomic E-state index is -3.03. The Hall–Kier alpha value is -3.24. The topological polar surface area (TPSA) is 109 Å². The summed E-state index contributed by atoms with van der Waals surface area (Å²) in [7, 11) is 2.67. The van der Waals surface area contributed by atoms with Crippen LogP contribution in [0.5, 0.6) is 11.5 Å². The van der Waals surface area contributed by atoms with E-state index < -0.39 is 23.1 Å². The van der Waals surface area contributed by atoms with Gasteiger partial charge in [0.05, 0.1) is 12.0 Å². The number of aromatic nitrogens is 2. The van der Waals surface area contributed by atoms with Gasteiger partial charge in [0.15, 0.2) is 11.5 Å². The Balaban J connectivity index is 2.25. The predicted molar refractivity (Wildman–Crippen MR) is 77.4 cm³/mol. The molecular weight excluding hydrogens is 330 g/mol. The molecule has 0 fully saturated rings. The lowest BCUT2D eigenvalue weighted by Crippen LogP contribution is -2.14. The molecule has 128 valence electrons. The maximum Gasteiger partial charge on any atom is 0.387 e. The van der Waals surface area contributed by atoms with Crippen LogP contribution in [0.1, 0.15) is 10.5 Å². The SMILES string of the molecule is COc1cc(NC(=O)c2nn(C)cc2[N+](=O)[O-])ccc1OC(F)F. The van der Waals surface area contributed by atoms with E-state index in [0.717, 1.165) is 10.9 Å². The van der Waals surface area contributed by atoms with Gasteiger partial charge in [-0.05, 0) is 12.1 Å². The van der Waals surface area contributed by atoms with Gasteiger partial charge in [-0.3, -0.25) is 19.6 Å². The highest BCUT2D eigenvalue weighted by atomic mass is 19.3. The quantitative estimate of drug-likeness (QED) is 0.637. The zero-order chi connectivity index (χ0) is 17.9. The average Bonchev–Trinajstić information content (AvgIpc) is 2.90. The molecule has 1 N–H and O–H groups in total. The number of nitrogens with zero attached hydrogens (tertiary/aromatic N) is 3. The minimum Gasteiger partial charge on any atom is -0.493 e. The van der Waals surface area contributed by atoms with E-state index in [1.165, 1.54) is 32.4 Å². The van der Waals surface area contributed by atoms with Gasteiger partial charge in [0, 0.05) is 18.8 Å². The monoisotopic (exact) mass is 342 g/mol. The molecule has 1 amide bonds. The Kier molecular flexibility index (Phi) is 4.92. The van der Waals surface area contributed by atoms with Gasteiger partial charge < -0.3 is 14.8 Å². The molecule has 1 heterocycles. The van der Waals surface area contributed by atoms with E-state index in [-0.39, 0.29) is 22.9 Å². The molecular formula is C13H12F2N4O5. The van der Waals surface area contributed by atoms with Gasteiger partial charge in [-0.25, -0.2) is 0 Å². The third kappa shape index (κ3) is 3.74. The van der Waals surface area contributed by atoms with Gasteiger partial charge in [0.1, 0.15) is 6.20 Å². The lowest BCUT2D eigenvalue weighted by atomic mass is 10.2. The number of amides is 1. The number of nitrogens with one attached hydrogen (secondary N) is 1. The van der Waals surface area contributed by atoms with Crippen LogP contribution >= 0.6 is 0 Å². The van der Waals surface area contributed by atoms with E-state index in [0.29, 0.717) is 0 Å². The third-order valence-corrected chi connectivity index (χ3v) is 2.86. The van der Waals surface area contributed by atoms with Crippen molar-refractivity contribution in [2.45, 2.75) is 6.61 Å². The number of alkyl halides is 2. The van der Waals surface area contributed by atoms with E-state index in [1.54, 1.807) is 0 Å². The molecule has 2 aromatic rings. The number of methoxy groups -OCH3 is 1. The second-order valence-electron chi connectivity index (χ2n) is 4.49.